The first-order valence-corrected chi connectivity index (χ1v) is 5.78. The third-order valence-electron chi connectivity index (χ3n) is 3.09. The van der Waals surface area contributed by atoms with Gasteiger partial charge in [-0.2, -0.15) is 10.2 Å². The largest absolute Gasteiger partial charge is 0.363 e. The van der Waals surface area contributed by atoms with Gasteiger partial charge in [-0.15, -0.1) is 0 Å². The average Bonchev–Trinajstić information content (AvgIpc) is 2.78. The van der Waals surface area contributed by atoms with Gasteiger partial charge in [0.1, 0.15) is 0 Å². The average molecular weight is 249 g/mol. The van der Waals surface area contributed by atoms with Crippen LogP contribution in [-0.2, 0) is 6.54 Å². The van der Waals surface area contributed by atoms with E-state index in [0.29, 0.717) is 19.0 Å². The number of carbonyl (C=O) groups excluding carboxylic acids is 1. The van der Waals surface area contributed by atoms with Crippen molar-refractivity contribution in [1.82, 2.24) is 15.0 Å². The maximum absolute atomic E-state index is 10.8. The van der Waals surface area contributed by atoms with E-state index in [9.17, 15) is 4.79 Å². The highest BCUT2D eigenvalue weighted by Gasteiger charge is 2.31. The van der Waals surface area contributed by atoms with E-state index in [1.165, 1.54) is 0 Å². The molecule has 0 bridgehead atoms. The van der Waals surface area contributed by atoms with Gasteiger partial charge in [0.15, 0.2) is 0 Å². The molecule has 0 spiro atoms. The number of piperidine rings is 1. The SMILES string of the molecule is C[C@@]1(C#N)CCCN(Cc2nc(C(N)=O)no2)C1. The number of carbonyl (C=O) groups is 1. The van der Waals surface area contributed by atoms with Crippen LogP contribution in [0.3, 0.4) is 0 Å². The Labute approximate surface area is 105 Å². The first-order chi connectivity index (χ1) is 8.52. The van der Waals surface area contributed by atoms with Crippen LogP contribution in [-0.4, -0.2) is 34.0 Å². The smallest absolute Gasteiger partial charge is 0.290 e. The van der Waals surface area contributed by atoms with Crippen LogP contribution in [0.25, 0.3) is 0 Å². The van der Waals surface area contributed by atoms with Crippen molar-refractivity contribution in [3.8, 4) is 6.07 Å². The van der Waals surface area contributed by atoms with Crippen molar-refractivity contribution in [2.45, 2.75) is 26.3 Å². The quantitative estimate of drug-likeness (QED) is 0.824. The Morgan fingerprint density at radius 2 is 2.50 bits per heavy atom. The van der Waals surface area contributed by atoms with Crippen LogP contribution < -0.4 is 5.73 Å². The number of aromatic nitrogens is 2. The zero-order valence-corrected chi connectivity index (χ0v) is 10.2. The molecule has 0 aromatic carbocycles. The molecule has 7 nitrogen and oxygen atoms in total. The summed E-state index contributed by atoms with van der Waals surface area (Å²) in [5.41, 5.74) is 4.72. The zero-order chi connectivity index (χ0) is 13.2. The Kier molecular flexibility index (Phi) is 3.30. The predicted octanol–water partition coefficient (Wildman–Crippen LogP) is 0.294. The van der Waals surface area contributed by atoms with Crippen molar-refractivity contribution < 1.29 is 9.32 Å². The summed E-state index contributed by atoms with van der Waals surface area (Å²) in [5, 5.41) is 12.6. The molecule has 18 heavy (non-hydrogen) atoms. The van der Waals surface area contributed by atoms with Gasteiger partial charge in [-0.25, -0.2) is 0 Å². The summed E-state index contributed by atoms with van der Waals surface area (Å²) in [5.74, 6) is -0.457. The molecule has 2 rings (SSSR count). The number of likely N-dealkylation sites (tertiary alicyclic amines) is 1. The second-order valence-corrected chi connectivity index (χ2v) is 4.86. The molecule has 1 atom stereocenters. The van der Waals surface area contributed by atoms with Gasteiger partial charge in [-0.3, -0.25) is 9.69 Å². The van der Waals surface area contributed by atoms with E-state index >= 15 is 0 Å². The van der Waals surface area contributed by atoms with E-state index in [1.807, 2.05) is 6.92 Å². The lowest BCUT2D eigenvalue weighted by Gasteiger charge is -2.34. The Morgan fingerprint density at radius 3 is 3.11 bits per heavy atom. The van der Waals surface area contributed by atoms with Crippen molar-refractivity contribution in [1.29, 1.82) is 5.26 Å². The summed E-state index contributed by atoms with van der Waals surface area (Å²) in [6.45, 7) is 3.93. The molecule has 0 unspecified atom stereocenters. The zero-order valence-electron chi connectivity index (χ0n) is 10.2. The van der Waals surface area contributed by atoms with Gasteiger partial charge in [0.2, 0.25) is 5.89 Å². The predicted molar refractivity (Wildman–Crippen MR) is 61.0 cm³/mol. The molecule has 1 amide bonds. The molecule has 1 saturated heterocycles. The van der Waals surface area contributed by atoms with Crippen molar-refractivity contribution >= 4 is 5.91 Å². The molecule has 1 aromatic rings. The van der Waals surface area contributed by atoms with Gasteiger partial charge in [-0.05, 0) is 26.3 Å². The lowest BCUT2D eigenvalue weighted by atomic mass is 9.83. The third-order valence-corrected chi connectivity index (χ3v) is 3.09. The number of nitrogens with two attached hydrogens (primary N) is 1. The lowest BCUT2D eigenvalue weighted by Crippen LogP contribution is -2.40. The van der Waals surface area contributed by atoms with Gasteiger partial charge in [0, 0.05) is 6.54 Å². The van der Waals surface area contributed by atoms with Crippen molar-refractivity contribution in [3.63, 3.8) is 0 Å². The summed E-state index contributed by atoms with van der Waals surface area (Å²) in [4.78, 5) is 16.8. The van der Waals surface area contributed by atoms with Gasteiger partial charge in [0.05, 0.1) is 18.0 Å². The highest BCUT2D eigenvalue weighted by molar-refractivity contribution is 5.88. The number of hydrogen-bond donors (Lipinski definition) is 1. The van der Waals surface area contributed by atoms with E-state index in [1.54, 1.807) is 0 Å². The number of nitriles is 1. The molecule has 0 saturated carbocycles. The van der Waals surface area contributed by atoms with Crippen molar-refractivity contribution in [2.24, 2.45) is 11.1 Å². The lowest BCUT2D eigenvalue weighted by molar-refractivity contribution is 0.0987. The highest BCUT2D eigenvalue weighted by Crippen LogP contribution is 2.28. The van der Waals surface area contributed by atoms with E-state index in [0.717, 1.165) is 19.4 Å². The fraction of sp³-hybridized carbons (Fsp3) is 0.636. The number of primary amides is 1. The van der Waals surface area contributed by atoms with E-state index in [-0.39, 0.29) is 11.2 Å². The summed E-state index contributed by atoms with van der Waals surface area (Å²) < 4.78 is 4.94. The Morgan fingerprint density at radius 1 is 1.72 bits per heavy atom. The van der Waals surface area contributed by atoms with Crippen LogP contribution in [0.5, 0.6) is 0 Å². The van der Waals surface area contributed by atoms with Crippen molar-refractivity contribution in [3.05, 3.63) is 11.7 Å². The van der Waals surface area contributed by atoms with Gasteiger partial charge >= 0.3 is 0 Å². The monoisotopic (exact) mass is 249 g/mol. The first kappa shape index (κ1) is 12.5. The number of amides is 1. The van der Waals surface area contributed by atoms with Crippen LogP contribution in [0.4, 0.5) is 0 Å². The summed E-state index contributed by atoms with van der Waals surface area (Å²) >= 11 is 0. The van der Waals surface area contributed by atoms with E-state index < -0.39 is 5.91 Å². The minimum atomic E-state index is -0.703. The van der Waals surface area contributed by atoms with Gasteiger partial charge < -0.3 is 10.3 Å². The summed E-state index contributed by atoms with van der Waals surface area (Å²) in [6.07, 6.45) is 1.86. The van der Waals surface area contributed by atoms with E-state index in [4.69, 9.17) is 15.5 Å². The standard InChI is InChI=1S/C11H15N5O2/c1-11(6-12)3-2-4-16(7-11)5-8-14-10(9(13)17)15-18-8/h2-5,7H2,1H3,(H2,13,17)/t11-/m0/s1. The molecule has 7 heteroatoms. The van der Waals surface area contributed by atoms with Gasteiger partial charge in [-0.1, -0.05) is 5.16 Å². The molecular weight excluding hydrogens is 234 g/mol. The molecule has 1 aliphatic rings. The van der Waals surface area contributed by atoms with Gasteiger partial charge in [0.25, 0.3) is 11.7 Å². The molecule has 1 fully saturated rings. The molecule has 1 aromatic heterocycles. The van der Waals surface area contributed by atoms with Crippen LogP contribution >= 0.6 is 0 Å². The number of hydrogen-bond acceptors (Lipinski definition) is 6. The minimum absolute atomic E-state index is 0.106. The topological polar surface area (TPSA) is 109 Å². The highest BCUT2D eigenvalue weighted by atomic mass is 16.5. The summed E-state index contributed by atoms with van der Waals surface area (Å²) in [7, 11) is 0. The molecular formula is C11H15N5O2. The molecule has 0 radical (unpaired) electrons. The fourth-order valence-electron chi connectivity index (χ4n) is 2.18. The summed E-state index contributed by atoms with van der Waals surface area (Å²) in [6, 6.07) is 2.34. The minimum Gasteiger partial charge on any atom is -0.363 e. The first-order valence-electron chi connectivity index (χ1n) is 5.78. The molecule has 2 N–H and O–H groups in total. The van der Waals surface area contributed by atoms with E-state index in [2.05, 4.69) is 21.1 Å². The third kappa shape index (κ3) is 2.65. The maximum atomic E-state index is 10.8. The maximum Gasteiger partial charge on any atom is 0.290 e. The van der Waals surface area contributed by atoms with Crippen LogP contribution in [0.2, 0.25) is 0 Å². The molecule has 0 aliphatic carbocycles. The van der Waals surface area contributed by atoms with Crippen LogP contribution in [0.1, 0.15) is 36.3 Å². The second kappa shape index (κ2) is 4.74. The van der Waals surface area contributed by atoms with Crippen LogP contribution in [0.15, 0.2) is 4.52 Å². The Hall–Kier alpha value is -1.94. The number of rotatable bonds is 3. The Balaban J connectivity index is 2.01. The van der Waals surface area contributed by atoms with Crippen LogP contribution in [0, 0.1) is 16.7 Å². The normalized spacial score (nSPS) is 24.7. The van der Waals surface area contributed by atoms with Crippen molar-refractivity contribution in [2.75, 3.05) is 13.1 Å². The fourth-order valence-corrected chi connectivity index (χ4v) is 2.18. The molecule has 96 valence electrons. The second-order valence-electron chi connectivity index (χ2n) is 4.86. The Bertz CT molecular complexity index is 492. The molecule has 2 heterocycles. The molecule has 1 aliphatic heterocycles. The number of nitrogens with zero attached hydrogens (tertiary/aromatic N) is 4.